The van der Waals surface area contributed by atoms with Crippen LogP contribution >= 0.6 is 22.7 Å². The summed E-state index contributed by atoms with van der Waals surface area (Å²) in [4.78, 5) is 4.46. The van der Waals surface area contributed by atoms with Crippen molar-refractivity contribution < 1.29 is 4.39 Å². The van der Waals surface area contributed by atoms with Crippen LogP contribution in [0.1, 0.15) is 11.1 Å². The standard InChI is InChI=1S/C39H29FN2S2/c1-24-4-9-28(10-5-24)42(30-14-18-34-32-16-6-25(2)20-36(32)43-38(34)22-30)31-15-19-35-33-17-13-29(21-37(33)44-39(35)23-31)41(3)27-11-7-26(40)8-12-27/h4-23H,1-3H3. The molecule has 2 aromatic heterocycles. The van der Waals surface area contributed by atoms with Gasteiger partial charge in [-0.15, -0.1) is 22.7 Å². The van der Waals surface area contributed by atoms with Crippen LogP contribution in [0.5, 0.6) is 0 Å². The molecule has 8 aromatic rings. The second kappa shape index (κ2) is 10.5. The Bertz CT molecular complexity index is 2330. The third-order valence-electron chi connectivity index (χ3n) is 8.46. The largest absolute Gasteiger partial charge is 0.345 e. The molecule has 0 aliphatic heterocycles. The van der Waals surface area contributed by atoms with Crippen molar-refractivity contribution >= 4 is 91.5 Å². The maximum absolute atomic E-state index is 13.5. The van der Waals surface area contributed by atoms with E-state index in [2.05, 4.69) is 121 Å². The lowest BCUT2D eigenvalue weighted by atomic mass is 10.1. The van der Waals surface area contributed by atoms with E-state index in [4.69, 9.17) is 0 Å². The number of anilines is 5. The molecule has 0 amide bonds. The van der Waals surface area contributed by atoms with Gasteiger partial charge in [0.2, 0.25) is 0 Å². The lowest BCUT2D eigenvalue weighted by Crippen LogP contribution is -2.09. The average molecular weight is 609 g/mol. The van der Waals surface area contributed by atoms with E-state index < -0.39 is 0 Å². The molecule has 0 unspecified atom stereocenters. The van der Waals surface area contributed by atoms with E-state index in [0.717, 1.165) is 28.4 Å². The fourth-order valence-electron chi connectivity index (χ4n) is 6.07. The molecular weight excluding hydrogens is 580 g/mol. The monoisotopic (exact) mass is 608 g/mol. The predicted octanol–water partition coefficient (Wildman–Crippen LogP) is 12.4. The van der Waals surface area contributed by atoms with Gasteiger partial charge in [-0.25, -0.2) is 4.39 Å². The normalized spacial score (nSPS) is 11.6. The van der Waals surface area contributed by atoms with Crippen molar-refractivity contribution in [1.82, 2.24) is 0 Å². The summed E-state index contributed by atoms with van der Waals surface area (Å²) >= 11 is 3.67. The van der Waals surface area contributed by atoms with Crippen molar-refractivity contribution in [2.45, 2.75) is 13.8 Å². The van der Waals surface area contributed by atoms with Gasteiger partial charge in [0.15, 0.2) is 0 Å². The molecule has 5 heteroatoms. The van der Waals surface area contributed by atoms with Gasteiger partial charge >= 0.3 is 0 Å². The molecule has 0 saturated carbocycles. The van der Waals surface area contributed by atoms with Crippen LogP contribution in [-0.4, -0.2) is 7.05 Å². The van der Waals surface area contributed by atoms with E-state index >= 15 is 0 Å². The summed E-state index contributed by atoms with van der Waals surface area (Å²) < 4.78 is 18.6. The number of hydrogen-bond donors (Lipinski definition) is 0. The highest BCUT2D eigenvalue weighted by Crippen LogP contribution is 2.44. The number of rotatable bonds is 5. The summed E-state index contributed by atoms with van der Waals surface area (Å²) in [6, 6.07) is 42.4. The van der Waals surface area contributed by atoms with E-state index in [1.807, 2.05) is 41.9 Å². The molecule has 214 valence electrons. The average Bonchev–Trinajstić information content (AvgIpc) is 3.58. The van der Waals surface area contributed by atoms with Gasteiger partial charge in [-0.1, -0.05) is 48.0 Å². The molecule has 2 nitrogen and oxygen atoms in total. The number of fused-ring (bicyclic) bond motifs is 6. The minimum atomic E-state index is -0.226. The van der Waals surface area contributed by atoms with Crippen LogP contribution in [0.25, 0.3) is 40.3 Å². The van der Waals surface area contributed by atoms with Gasteiger partial charge < -0.3 is 9.80 Å². The molecule has 0 N–H and O–H groups in total. The molecule has 0 radical (unpaired) electrons. The van der Waals surface area contributed by atoms with Crippen molar-refractivity contribution in [3.63, 3.8) is 0 Å². The highest BCUT2D eigenvalue weighted by Gasteiger charge is 2.17. The van der Waals surface area contributed by atoms with Crippen molar-refractivity contribution in [1.29, 1.82) is 0 Å². The van der Waals surface area contributed by atoms with E-state index in [1.54, 1.807) is 0 Å². The quantitative estimate of drug-likeness (QED) is 0.192. The van der Waals surface area contributed by atoms with Crippen LogP contribution in [-0.2, 0) is 0 Å². The number of halogens is 1. The van der Waals surface area contributed by atoms with Crippen LogP contribution in [0.3, 0.4) is 0 Å². The van der Waals surface area contributed by atoms with Gasteiger partial charge in [0.1, 0.15) is 5.82 Å². The smallest absolute Gasteiger partial charge is 0.123 e. The zero-order chi connectivity index (χ0) is 29.9. The molecule has 0 bridgehead atoms. The summed E-state index contributed by atoms with van der Waals surface area (Å²) in [7, 11) is 2.02. The first-order valence-corrected chi connectivity index (χ1v) is 16.3. The molecule has 44 heavy (non-hydrogen) atoms. The van der Waals surface area contributed by atoms with Crippen LogP contribution in [0.4, 0.5) is 32.8 Å². The number of thiophene rings is 2. The summed E-state index contributed by atoms with van der Waals surface area (Å²) in [6.07, 6.45) is 0. The Kier molecular flexibility index (Phi) is 6.40. The molecule has 2 heterocycles. The van der Waals surface area contributed by atoms with Gasteiger partial charge in [0, 0.05) is 75.8 Å². The van der Waals surface area contributed by atoms with Crippen LogP contribution < -0.4 is 9.80 Å². The Hall–Kier alpha value is -4.71. The Morgan fingerprint density at radius 3 is 1.41 bits per heavy atom. The molecule has 6 aromatic carbocycles. The van der Waals surface area contributed by atoms with Crippen molar-refractivity contribution in [3.05, 3.63) is 138 Å². The fraction of sp³-hybridized carbons (Fsp3) is 0.0769. The Morgan fingerprint density at radius 2 is 0.841 bits per heavy atom. The molecule has 0 atom stereocenters. The van der Waals surface area contributed by atoms with Gasteiger partial charge in [-0.2, -0.15) is 0 Å². The first-order chi connectivity index (χ1) is 21.4. The number of nitrogens with zero attached hydrogens (tertiary/aromatic N) is 2. The van der Waals surface area contributed by atoms with Gasteiger partial charge in [-0.05, 0) is 98.3 Å². The van der Waals surface area contributed by atoms with Crippen molar-refractivity contribution in [2.75, 3.05) is 16.8 Å². The van der Waals surface area contributed by atoms with Crippen molar-refractivity contribution in [2.24, 2.45) is 0 Å². The second-order valence-corrected chi connectivity index (χ2v) is 13.6. The number of hydrogen-bond acceptors (Lipinski definition) is 4. The lowest BCUT2D eigenvalue weighted by Gasteiger charge is -2.26. The van der Waals surface area contributed by atoms with Crippen LogP contribution in [0.15, 0.2) is 121 Å². The topological polar surface area (TPSA) is 6.48 Å². The lowest BCUT2D eigenvalue weighted by molar-refractivity contribution is 0.628. The van der Waals surface area contributed by atoms with Crippen molar-refractivity contribution in [3.8, 4) is 0 Å². The minimum absolute atomic E-state index is 0.226. The van der Waals surface area contributed by atoms with Crippen LogP contribution in [0, 0.1) is 19.7 Å². The highest BCUT2D eigenvalue weighted by atomic mass is 32.1. The van der Waals surface area contributed by atoms with E-state index in [-0.39, 0.29) is 5.82 Å². The molecule has 0 fully saturated rings. The first-order valence-electron chi connectivity index (χ1n) is 14.7. The third-order valence-corrected chi connectivity index (χ3v) is 10.7. The van der Waals surface area contributed by atoms with Gasteiger partial charge in [0.25, 0.3) is 0 Å². The molecule has 0 spiro atoms. The summed E-state index contributed by atoms with van der Waals surface area (Å²) in [5, 5.41) is 5.12. The molecule has 0 aliphatic rings. The zero-order valence-electron chi connectivity index (χ0n) is 24.6. The molecular formula is C39H29FN2S2. The first kappa shape index (κ1) is 26.9. The third kappa shape index (κ3) is 4.60. The number of benzene rings is 6. The summed E-state index contributed by atoms with van der Waals surface area (Å²) in [5.41, 5.74) is 7.97. The zero-order valence-corrected chi connectivity index (χ0v) is 26.3. The Labute approximate surface area is 263 Å². The summed E-state index contributed by atoms with van der Waals surface area (Å²) in [5.74, 6) is -0.226. The predicted molar refractivity (Wildman–Crippen MR) is 191 cm³/mol. The van der Waals surface area contributed by atoms with Gasteiger partial charge in [-0.3, -0.25) is 0 Å². The second-order valence-electron chi connectivity index (χ2n) is 11.5. The van der Waals surface area contributed by atoms with E-state index in [1.165, 1.54) is 63.6 Å². The highest BCUT2D eigenvalue weighted by molar-refractivity contribution is 7.26. The Balaban J connectivity index is 1.24. The minimum Gasteiger partial charge on any atom is -0.345 e. The maximum atomic E-state index is 13.5. The van der Waals surface area contributed by atoms with E-state index in [0.29, 0.717) is 0 Å². The molecule has 0 saturated heterocycles. The SMILES string of the molecule is Cc1ccc(N(c2ccc3c(c2)sc2cc(C)ccc23)c2ccc3c(c2)sc2cc(N(C)c4ccc(F)cc4)ccc23)cc1. The molecule has 8 rings (SSSR count). The Morgan fingerprint density at radius 1 is 0.432 bits per heavy atom. The summed E-state index contributed by atoms with van der Waals surface area (Å²) in [6.45, 7) is 4.29. The van der Waals surface area contributed by atoms with Crippen LogP contribution in [0.2, 0.25) is 0 Å². The maximum Gasteiger partial charge on any atom is 0.123 e. The fourth-order valence-corrected chi connectivity index (χ4v) is 8.48. The van der Waals surface area contributed by atoms with Gasteiger partial charge in [0.05, 0.1) is 0 Å². The number of aryl methyl sites for hydroxylation is 2. The molecule has 0 aliphatic carbocycles. The van der Waals surface area contributed by atoms with E-state index in [9.17, 15) is 4.39 Å².